The van der Waals surface area contributed by atoms with Crippen molar-refractivity contribution in [2.75, 3.05) is 65.9 Å². The Morgan fingerprint density at radius 2 is 0.686 bits per heavy atom. The second-order valence-corrected chi connectivity index (χ2v) is 29.0. The lowest BCUT2D eigenvalue weighted by molar-refractivity contribution is -0.390. The van der Waals surface area contributed by atoms with Gasteiger partial charge < -0.3 is 207 Å². The van der Waals surface area contributed by atoms with Crippen molar-refractivity contribution in [1.82, 2.24) is 11.5 Å². The summed E-state index contributed by atoms with van der Waals surface area (Å²) >= 11 is 0. The number of unbranched alkanes of at least 4 members (excludes halogenated alkanes) is 1. The minimum atomic E-state index is -1.88. The smallest absolute Gasteiger partial charge is 0.303 e. The van der Waals surface area contributed by atoms with Gasteiger partial charge in [-0.05, 0) is 93.0 Å². The second kappa shape index (κ2) is 58.8. The summed E-state index contributed by atoms with van der Waals surface area (Å²) in [5.74, 6) is -3.08. The van der Waals surface area contributed by atoms with Gasteiger partial charge in [0.25, 0.3) is 0 Å². The van der Waals surface area contributed by atoms with Crippen LogP contribution < -0.4 is 22.9 Å². The fourth-order valence-electron chi connectivity index (χ4n) is 11.4. The molecule has 7 aliphatic rings. The van der Waals surface area contributed by atoms with E-state index < -0.39 is 241 Å². The number of hydrogen-bond donors (Lipinski definition) is 28. The Kier molecular flexibility index (Phi) is 55.7. The van der Waals surface area contributed by atoms with Crippen molar-refractivity contribution in [3.8, 4) is 0 Å². The molecule has 7 saturated heterocycles. The van der Waals surface area contributed by atoms with Crippen LogP contribution in [-0.2, 0) is 90.3 Å². The summed E-state index contributed by atoms with van der Waals surface area (Å²) in [5.41, 5.74) is 10.4. The van der Waals surface area contributed by atoms with Crippen molar-refractivity contribution < 1.29 is 213 Å². The maximum absolute atomic E-state index is 12.3. The van der Waals surface area contributed by atoms with Crippen LogP contribution in [0.1, 0.15) is 138 Å². The quantitative estimate of drug-likeness (QED) is 0.0200. The van der Waals surface area contributed by atoms with Gasteiger partial charge in [-0.25, -0.2) is 0 Å². The molecular formula is C71H134N4O43. The molecule has 47 heteroatoms. The zero-order chi connectivity index (χ0) is 88.7. The first-order valence-corrected chi connectivity index (χ1v) is 38.8. The SMILES string of the molecule is CC(O)CCC(=O)CCCC(=O)CCCCO[C@@H]1OC(CO)[C@H](O)[C@H](O[C@H]2OC(CO)[C@H](O)[C@H](O)C2O)C1O[C@@H]1OC(C)[C@@H](O)[C@H](O)C1O.CC(O)CN.CC(O)CNC(=O)CCCC(=O)O.CC1CO1.CC1O[C@@H](OC2[C@H](OCCCN)OC(CO)[C@H](O)[C@@H]2O[C@H]2OC(CO)[C@H](O)[C@H](O)C2O)C(O)[C@@H](O)[C@@H]1O.N.O=C(O)CCCC(=O)O. The Morgan fingerprint density at radius 3 is 1.02 bits per heavy atom. The van der Waals surface area contributed by atoms with E-state index in [0.717, 1.165) is 6.61 Å². The van der Waals surface area contributed by atoms with Crippen molar-refractivity contribution in [3.63, 3.8) is 0 Å². The summed E-state index contributed by atoms with van der Waals surface area (Å²) < 4.78 is 72.9. The molecule has 0 aromatic rings. The van der Waals surface area contributed by atoms with Gasteiger partial charge in [-0.3, -0.25) is 28.8 Å². The summed E-state index contributed by atoms with van der Waals surface area (Å²) in [6, 6.07) is 0. The van der Waals surface area contributed by atoms with Crippen LogP contribution >= 0.6 is 0 Å². The van der Waals surface area contributed by atoms with Crippen molar-refractivity contribution >= 4 is 35.4 Å². The highest BCUT2D eigenvalue weighted by molar-refractivity contribution is 5.81. The molecule has 7 rings (SSSR count). The largest absolute Gasteiger partial charge is 0.481 e. The monoisotopic (exact) mass is 1730 g/mol. The topological polar surface area (TPSA) is 810 Å². The number of carboxylic acids is 3. The molecule has 118 heavy (non-hydrogen) atoms. The number of ether oxygens (including phenoxy) is 13. The highest BCUT2D eigenvalue weighted by atomic mass is 16.8. The number of nitrogens with one attached hydrogen (secondary N) is 1. The number of aliphatic hydroxyl groups is 21. The third kappa shape index (κ3) is 39.7. The first kappa shape index (κ1) is 112. The standard InChI is InChI=1S/C31H54O18.C21H39NO15.C8H15NO4.C5H8O4.C3H9NO.C3H6O.H3N/c1-14(34)9-10-17(36)8-5-7-16(35)6-3-4-11-44-31-28(49-29-25(42)23(40)20(37)15(2)45-29)27(22(39)19(13-33)47-31)48-30-26(43)24(41)21(38)18(12-32)46-30;1-7-10(25)13(28)15(30)19(33-7)37-18-17(12(27)9(6-24)35-21(18)32-4-2-3-22)36-20-16(31)14(29)11(26)8(5-23)34-20;1-6(10)5-9-7(11)3-2-4-8(12)13;6-4(7)2-1-3-5(8)9;1-3(5)2-4;1-3-2-4-3;/h14-15,18-34,37-43H,3-13H2,1-2H3;7-21,23-31H,2-6,22H2,1H3;6,10H,2-5H2,1H3,(H,9,11)(H,12,13);1-3H2,(H,6,7)(H,8,9);3,5H,2,4H2,1H3;3H,2H2,1H3;1H3/t14?,15?,18?,19?,20-,21+,22+,23+,24+,25?,26?,27+,28?,29+,30-,31-;7?,8?,9?,10-,11+,12+,13+,14+,15?,16?,17+,18?,19+,20-,21-;;;;;/m11...../s1. The number of nitrogens with two attached hydrogens (primary N) is 2. The molecule has 0 aromatic carbocycles. The van der Waals surface area contributed by atoms with Gasteiger partial charge in [-0.2, -0.15) is 0 Å². The number of rotatable bonds is 40. The third-order valence-electron chi connectivity index (χ3n) is 18.6. The Balaban J connectivity index is 0.000000872. The summed E-state index contributed by atoms with van der Waals surface area (Å²) in [4.78, 5) is 64.8. The molecule has 0 spiro atoms. The fourth-order valence-corrected chi connectivity index (χ4v) is 11.4. The lowest BCUT2D eigenvalue weighted by atomic mass is 9.96. The van der Waals surface area contributed by atoms with Crippen LogP contribution in [0.4, 0.5) is 0 Å². The minimum absolute atomic E-state index is 0. The van der Waals surface area contributed by atoms with Crippen molar-refractivity contribution in [1.29, 1.82) is 0 Å². The van der Waals surface area contributed by atoms with Crippen molar-refractivity contribution in [2.24, 2.45) is 11.5 Å². The molecule has 32 N–H and O–H groups in total. The Bertz CT molecular complexity index is 2730. The fraction of sp³-hybridized carbons (Fsp3) is 0.915. The molecule has 16 unspecified atom stereocenters. The van der Waals surface area contributed by atoms with E-state index in [2.05, 4.69) is 12.2 Å². The number of epoxide rings is 1. The van der Waals surface area contributed by atoms with Crippen LogP contribution in [0.5, 0.6) is 0 Å². The second-order valence-electron chi connectivity index (χ2n) is 29.0. The predicted molar refractivity (Wildman–Crippen MR) is 396 cm³/mol. The number of Topliss-reactive ketones (excluding diaryl/α,β-unsaturated/α-hetero) is 2. The lowest BCUT2D eigenvalue weighted by Crippen LogP contribution is -2.67. The molecule has 7 aliphatic heterocycles. The Morgan fingerprint density at radius 1 is 0.381 bits per heavy atom. The zero-order valence-electron chi connectivity index (χ0n) is 67.2. The van der Waals surface area contributed by atoms with Crippen molar-refractivity contribution in [3.05, 3.63) is 0 Å². The van der Waals surface area contributed by atoms with E-state index in [4.69, 9.17) is 98.6 Å². The van der Waals surface area contributed by atoms with E-state index in [1.165, 1.54) is 13.8 Å². The van der Waals surface area contributed by atoms with Gasteiger partial charge >= 0.3 is 17.9 Å². The molecule has 0 bridgehead atoms. The van der Waals surface area contributed by atoms with E-state index in [9.17, 15) is 126 Å². The van der Waals surface area contributed by atoms with Gasteiger partial charge in [0.15, 0.2) is 37.7 Å². The zero-order valence-corrected chi connectivity index (χ0v) is 67.2. The van der Waals surface area contributed by atoms with E-state index in [-0.39, 0.29) is 114 Å². The van der Waals surface area contributed by atoms with Crippen LogP contribution in [0.3, 0.4) is 0 Å². The van der Waals surface area contributed by atoms with Gasteiger partial charge in [0.1, 0.15) is 146 Å². The predicted octanol–water partition coefficient (Wildman–Crippen LogP) is -10.1. The third-order valence-corrected chi connectivity index (χ3v) is 18.6. The van der Waals surface area contributed by atoms with Crippen LogP contribution in [0.2, 0.25) is 0 Å². The molecule has 7 fully saturated rings. The Hall–Kier alpha value is -4.26. The highest BCUT2D eigenvalue weighted by Crippen LogP contribution is 2.37. The molecule has 47 nitrogen and oxygen atoms in total. The number of carboxylic acid groups (broad SMARTS) is 3. The normalized spacial score (nSPS) is 36.3. The van der Waals surface area contributed by atoms with Crippen molar-refractivity contribution in [2.45, 2.75) is 347 Å². The number of aliphatic hydroxyl groups excluding tert-OH is 21. The Labute approximate surface area is 681 Å². The molecule has 7 heterocycles. The van der Waals surface area contributed by atoms with Crippen LogP contribution in [0, 0.1) is 0 Å². The molecule has 0 aliphatic carbocycles. The maximum atomic E-state index is 12.3. The summed E-state index contributed by atoms with van der Waals surface area (Å²) in [5, 5.41) is 237. The summed E-state index contributed by atoms with van der Waals surface area (Å²) in [6.07, 6.45) is -44.2. The van der Waals surface area contributed by atoms with E-state index >= 15 is 0 Å². The molecule has 0 aromatic heterocycles. The first-order valence-electron chi connectivity index (χ1n) is 38.8. The van der Waals surface area contributed by atoms with Gasteiger partial charge in [0.05, 0.1) is 76.3 Å². The summed E-state index contributed by atoms with van der Waals surface area (Å²) in [7, 11) is 0. The van der Waals surface area contributed by atoms with Gasteiger partial charge in [-0.1, -0.05) is 0 Å². The number of hydrogen-bond acceptors (Lipinski definition) is 43. The van der Waals surface area contributed by atoms with E-state index in [1.54, 1.807) is 20.8 Å². The molecule has 34 atom stereocenters. The van der Waals surface area contributed by atoms with Crippen LogP contribution in [0.15, 0.2) is 0 Å². The maximum Gasteiger partial charge on any atom is 0.303 e. The average Bonchev–Trinajstić information content (AvgIpc) is 1.06. The number of carbonyl (C=O) groups is 6. The number of amides is 1. The van der Waals surface area contributed by atoms with Gasteiger partial charge in [0.2, 0.25) is 5.91 Å². The first-order chi connectivity index (χ1) is 55.0. The van der Waals surface area contributed by atoms with E-state index in [0.29, 0.717) is 51.2 Å². The van der Waals surface area contributed by atoms with Gasteiger partial charge in [0, 0.05) is 71.1 Å². The summed E-state index contributed by atoms with van der Waals surface area (Å²) in [6.45, 7) is 8.63. The molecular weight excluding hydrogens is 1600 g/mol. The number of aliphatic carboxylic acids is 3. The van der Waals surface area contributed by atoms with Gasteiger partial charge in [-0.15, -0.1) is 0 Å². The van der Waals surface area contributed by atoms with Crippen LogP contribution in [-0.4, -0.2) is 432 Å². The number of carbonyl (C=O) groups excluding carboxylic acids is 3. The molecule has 696 valence electrons. The lowest BCUT2D eigenvalue weighted by Gasteiger charge is -2.48. The molecule has 0 saturated carbocycles. The number of ketones is 2. The molecule has 0 radical (unpaired) electrons. The highest BCUT2D eigenvalue weighted by Gasteiger charge is 2.57. The van der Waals surface area contributed by atoms with E-state index in [1.807, 2.05) is 0 Å². The minimum Gasteiger partial charge on any atom is -0.481 e. The average molecular weight is 1730 g/mol. The molecule has 1 amide bonds. The van der Waals surface area contributed by atoms with Crippen LogP contribution in [0.25, 0.3) is 0 Å².